The van der Waals surface area contributed by atoms with Crippen LogP contribution in [0.5, 0.6) is 0 Å². The van der Waals surface area contributed by atoms with Crippen LogP contribution < -0.4 is 5.56 Å². The molecule has 4 rings (SSSR count). The van der Waals surface area contributed by atoms with Crippen molar-refractivity contribution in [2.24, 2.45) is 0 Å². The fraction of sp³-hybridized carbons (Fsp3) is 0.125. The number of ether oxygens (including phenoxy) is 1. The summed E-state index contributed by atoms with van der Waals surface area (Å²) in [5.74, 6) is -0.840. The SMILES string of the molecule is CCOC(=O)c1sc2c(ccc(=O)n2-c2ccccc2)c1C(=O)c1cccc(C)c1. The Balaban J connectivity index is 2.03. The zero-order chi connectivity index (χ0) is 21.3. The summed E-state index contributed by atoms with van der Waals surface area (Å²) in [6.45, 7) is 3.81. The number of aromatic nitrogens is 1. The Hall–Kier alpha value is -3.51. The van der Waals surface area contributed by atoms with Crippen LogP contribution in [0.2, 0.25) is 0 Å². The third kappa shape index (κ3) is 3.46. The molecule has 2 aromatic heterocycles. The molecule has 0 N–H and O–H groups in total. The Morgan fingerprint density at radius 1 is 1.00 bits per heavy atom. The Bertz CT molecular complexity index is 1320. The molecule has 150 valence electrons. The van der Waals surface area contributed by atoms with E-state index in [-0.39, 0.29) is 28.4 Å². The molecule has 0 aliphatic rings. The van der Waals surface area contributed by atoms with Crippen molar-refractivity contribution in [2.75, 3.05) is 6.61 Å². The van der Waals surface area contributed by atoms with Crippen molar-refractivity contribution >= 4 is 33.3 Å². The zero-order valence-electron chi connectivity index (χ0n) is 16.5. The average molecular weight is 417 g/mol. The summed E-state index contributed by atoms with van der Waals surface area (Å²) in [5.41, 5.74) is 2.12. The number of fused-ring (bicyclic) bond motifs is 1. The maximum Gasteiger partial charge on any atom is 0.349 e. The van der Waals surface area contributed by atoms with Crippen molar-refractivity contribution in [1.29, 1.82) is 0 Å². The van der Waals surface area contributed by atoms with E-state index in [1.54, 1.807) is 31.2 Å². The molecule has 0 fully saturated rings. The number of rotatable bonds is 5. The number of pyridine rings is 1. The number of esters is 1. The number of aryl methyl sites for hydroxylation is 1. The van der Waals surface area contributed by atoms with E-state index in [4.69, 9.17) is 4.74 Å². The summed E-state index contributed by atoms with van der Waals surface area (Å²) < 4.78 is 6.74. The van der Waals surface area contributed by atoms with Crippen molar-refractivity contribution in [3.05, 3.63) is 98.7 Å². The lowest BCUT2D eigenvalue weighted by Gasteiger charge is -2.07. The molecule has 2 heterocycles. The molecule has 2 aromatic carbocycles. The molecule has 4 aromatic rings. The molecular weight excluding hydrogens is 398 g/mol. The average Bonchev–Trinajstić information content (AvgIpc) is 3.13. The topological polar surface area (TPSA) is 65.4 Å². The van der Waals surface area contributed by atoms with Crippen molar-refractivity contribution in [1.82, 2.24) is 4.57 Å². The largest absolute Gasteiger partial charge is 0.462 e. The first-order valence-corrected chi connectivity index (χ1v) is 10.4. The van der Waals surface area contributed by atoms with Gasteiger partial charge in [-0.05, 0) is 38.1 Å². The number of ketones is 1. The van der Waals surface area contributed by atoms with E-state index in [0.29, 0.717) is 21.5 Å². The molecule has 0 spiro atoms. The highest BCUT2D eigenvalue weighted by atomic mass is 32.1. The van der Waals surface area contributed by atoms with E-state index in [0.717, 1.165) is 16.9 Å². The number of hydrogen-bond donors (Lipinski definition) is 0. The van der Waals surface area contributed by atoms with Gasteiger partial charge in [0.05, 0.1) is 17.9 Å². The molecule has 0 radical (unpaired) electrons. The predicted molar refractivity (Wildman–Crippen MR) is 118 cm³/mol. The number of hydrogen-bond acceptors (Lipinski definition) is 5. The fourth-order valence-electron chi connectivity index (χ4n) is 3.40. The number of carbonyl (C=O) groups is 2. The van der Waals surface area contributed by atoms with Gasteiger partial charge in [-0.3, -0.25) is 14.2 Å². The Labute approximate surface area is 177 Å². The number of carbonyl (C=O) groups excluding carboxylic acids is 2. The van der Waals surface area contributed by atoms with Crippen molar-refractivity contribution in [3.8, 4) is 5.69 Å². The summed E-state index contributed by atoms with van der Waals surface area (Å²) in [7, 11) is 0. The van der Waals surface area contributed by atoms with E-state index in [2.05, 4.69) is 0 Å². The van der Waals surface area contributed by atoms with E-state index in [1.807, 2.05) is 43.3 Å². The highest BCUT2D eigenvalue weighted by Crippen LogP contribution is 2.34. The maximum atomic E-state index is 13.4. The predicted octanol–water partition coefficient (Wildman–Crippen LogP) is 4.77. The van der Waals surface area contributed by atoms with Gasteiger partial charge in [0, 0.05) is 17.0 Å². The van der Waals surface area contributed by atoms with Crippen LogP contribution in [0, 0.1) is 6.92 Å². The van der Waals surface area contributed by atoms with E-state index < -0.39 is 5.97 Å². The van der Waals surface area contributed by atoms with Gasteiger partial charge in [0.25, 0.3) is 5.56 Å². The summed E-state index contributed by atoms with van der Waals surface area (Å²) >= 11 is 1.10. The number of thiophene rings is 1. The standard InChI is InChI=1S/C24H19NO4S/c1-3-29-24(28)22-20(21(27)16-9-7-8-15(2)14-16)18-12-13-19(26)25(23(18)30-22)17-10-5-4-6-11-17/h4-14H,3H2,1-2H3. The molecule has 0 saturated carbocycles. The summed E-state index contributed by atoms with van der Waals surface area (Å²) in [6, 6.07) is 19.4. The van der Waals surface area contributed by atoms with Crippen molar-refractivity contribution in [3.63, 3.8) is 0 Å². The lowest BCUT2D eigenvalue weighted by molar-refractivity contribution is 0.0529. The first-order valence-electron chi connectivity index (χ1n) is 9.53. The van der Waals surface area contributed by atoms with Gasteiger partial charge in [0.15, 0.2) is 5.78 Å². The minimum Gasteiger partial charge on any atom is -0.462 e. The van der Waals surface area contributed by atoms with Crippen LogP contribution in [0.3, 0.4) is 0 Å². The molecule has 0 aliphatic heterocycles. The van der Waals surface area contributed by atoms with Gasteiger partial charge in [0.2, 0.25) is 0 Å². The Morgan fingerprint density at radius 3 is 2.47 bits per heavy atom. The van der Waals surface area contributed by atoms with Gasteiger partial charge in [-0.15, -0.1) is 11.3 Å². The molecule has 0 bridgehead atoms. The lowest BCUT2D eigenvalue weighted by Crippen LogP contribution is -2.16. The van der Waals surface area contributed by atoms with Gasteiger partial charge >= 0.3 is 5.97 Å². The number of nitrogens with zero attached hydrogens (tertiary/aromatic N) is 1. The minimum atomic E-state index is -0.568. The van der Waals surface area contributed by atoms with Crippen LogP contribution in [0.4, 0.5) is 0 Å². The minimum absolute atomic E-state index is 0.191. The Morgan fingerprint density at radius 2 is 1.77 bits per heavy atom. The summed E-state index contributed by atoms with van der Waals surface area (Å²) in [4.78, 5) is 39.6. The molecule has 0 amide bonds. The molecule has 0 saturated heterocycles. The first-order chi connectivity index (χ1) is 14.5. The lowest BCUT2D eigenvalue weighted by atomic mass is 9.99. The van der Waals surface area contributed by atoms with Crippen LogP contribution in [0.25, 0.3) is 15.9 Å². The molecule has 0 unspecified atom stereocenters. The van der Waals surface area contributed by atoms with Gasteiger partial charge in [0.1, 0.15) is 9.71 Å². The highest BCUT2D eigenvalue weighted by molar-refractivity contribution is 7.21. The second kappa shape index (κ2) is 8.08. The number of benzene rings is 2. The maximum absolute atomic E-state index is 13.4. The summed E-state index contributed by atoms with van der Waals surface area (Å²) in [5, 5.41) is 0.554. The fourth-order valence-corrected chi connectivity index (χ4v) is 4.61. The van der Waals surface area contributed by atoms with Crippen LogP contribution in [0.1, 0.15) is 38.1 Å². The van der Waals surface area contributed by atoms with E-state index in [1.165, 1.54) is 10.6 Å². The second-order valence-electron chi connectivity index (χ2n) is 6.79. The molecule has 0 aliphatic carbocycles. The number of para-hydroxylation sites is 1. The quantitative estimate of drug-likeness (QED) is 0.347. The third-order valence-electron chi connectivity index (χ3n) is 4.72. The molecule has 30 heavy (non-hydrogen) atoms. The van der Waals surface area contributed by atoms with Gasteiger partial charge in [-0.2, -0.15) is 0 Å². The van der Waals surface area contributed by atoms with Gasteiger partial charge in [-0.1, -0.05) is 42.0 Å². The normalized spacial score (nSPS) is 10.9. The first kappa shape index (κ1) is 19.8. The molecule has 6 heteroatoms. The monoisotopic (exact) mass is 417 g/mol. The van der Waals surface area contributed by atoms with Crippen molar-refractivity contribution < 1.29 is 14.3 Å². The second-order valence-corrected chi connectivity index (χ2v) is 7.79. The van der Waals surface area contributed by atoms with E-state index >= 15 is 0 Å². The smallest absolute Gasteiger partial charge is 0.349 e. The molecule has 5 nitrogen and oxygen atoms in total. The molecule has 0 atom stereocenters. The third-order valence-corrected chi connectivity index (χ3v) is 5.89. The molecular formula is C24H19NO4S. The van der Waals surface area contributed by atoms with Crippen LogP contribution >= 0.6 is 11.3 Å². The van der Waals surface area contributed by atoms with Gasteiger partial charge in [-0.25, -0.2) is 4.79 Å². The highest BCUT2D eigenvalue weighted by Gasteiger charge is 2.27. The van der Waals surface area contributed by atoms with Gasteiger partial charge < -0.3 is 4.74 Å². The van der Waals surface area contributed by atoms with Crippen molar-refractivity contribution in [2.45, 2.75) is 13.8 Å². The van der Waals surface area contributed by atoms with E-state index in [9.17, 15) is 14.4 Å². The summed E-state index contributed by atoms with van der Waals surface area (Å²) in [6.07, 6.45) is 0. The van der Waals surface area contributed by atoms with Crippen LogP contribution in [-0.2, 0) is 4.74 Å². The Kier molecular flexibility index (Phi) is 5.33. The van der Waals surface area contributed by atoms with Crippen LogP contribution in [0.15, 0.2) is 71.5 Å². The zero-order valence-corrected chi connectivity index (χ0v) is 17.4. The van der Waals surface area contributed by atoms with Crippen LogP contribution in [-0.4, -0.2) is 22.9 Å².